The largest absolute Gasteiger partial charge is 0.368 e. The van der Waals surface area contributed by atoms with E-state index >= 15 is 0 Å². The van der Waals surface area contributed by atoms with Crippen molar-refractivity contribution in [3.63, 3.8) is 0 Å². The Kier molecular flexibility index (Phi) is 4.27. The quantitative estimate of drug-likeness (QED) is 0.868. The topological polar surface area (TPSA) is 30.3 Å². The zero-order valence-corrected chi connectivity index (χ0v) is 13.1. The fraction of sp³-hybridized carbons (Fsp3) is 0.471. The zero-order valence-electron chi connectivity index (χ0n) is 13.1. The summed E-state index contributed by atoms with van der Waals surface area (Å²) < 4.78 is 21.5. The predicted molar refractivity (Wildman–Crippen MR) is 83.1 cm³/mol. The van der Waals surface area contributed by atoms with Crippen LogP contribution in [0.15, 0.2) is 36.7 Å². The van der Waals surface area contributed by atoms with Crippen molar-refractivity contribution in [3.8, 4) is 0 Å². The van der Waals surface area contributed by atoms with Crippen LogP contribution in [0, 0.1) is 5.82 Å². The molecule has 3 rings (SSSR count). The lowest BCUT2D eigenvalue weighted by Gasteiger charge is -2.40. The van der Waals surface area contributed by atoms with Crippen LogP contribution in [-0.2, 0) is 23.8 Å². The number of aromatic nitrogens is 2. The Labute approximate surface area is 130 Å². The summed E-state index contributed by atoms with van der Waals surface area (Å²) in [6.07, 6.45) is 4.58. The second-order valence-corrected chi connectivity index (χ2v) is 6.10. The molecule has 5 heteroatoms. The summed E-state index contributed by atoms with van der Waals surface area (Å²) >= 11 is 0. The highest BCUT2D eigenvalue weighted by Crippen LogP contribution is 2.29. The Morgan fingerprint density at radius 2 is 2.18 bits per heavy atom. The Balaban J connectivity index is 1.65. The van der Waals surface area contributed by atoms with Crippen LogP contribution in [-0.4, -0.2) is 40.9 Å². The molecule has 0 radical (unpaired) electrons. The van der Waals surface area contributed by atoms with E-state index in [-0.39, 0.29) is 11.4 Å². The minimum absolute atomic E-state index is 0.120. The molecule has 1 aromatic heterocycles. The number of halogens is 1. The van der Waals surface area contributed by atoms with E-state index in [4.69, 9.17) is 4.74 Å². The highest BCUT2D eigenvalue weighted by Gasteiger charge is 2.34. The molecule has 1 aliphatic rings. The summed E-state index contributed by atoms with van der Waals surface area (Å²) in [6.45, 7) is 5.29. The van der Waals surface area contributed by atoms with Gasteiger partial charge in [0.2, 0.25) is 0 Å². The van der Waals surface area contributed by atoms with Gasteiger partial charge in [-0.05, 0) is 25.0 Å². The Bertz CT molecular complexity index is 642. The standard InChI is InChI=1S/C17H22FN3O/c1-17(15-11-19-20(2)12-15)13-21(9-10-22-17)8-7-14-5-3-4-6-16(14)18/h3-6,11-12H,7-10,13H2,1-2H3. The van der Waals surface area contributed by atoms with Gasteiger partial charge in [-0.15, -0.1) is 0 Å². The lowest BCUT2D eigenvalue weighted by molar-refractivity contribution is -0.103. The Hall–Kier alpha value is -1.72. The molecule has 1 unspecified atom stereocenters. The van der Waals surface area contributed by atoms with Gasteiger partial charge in [0, 0.05) is 38.4 Å². The number of morpholine rings is 1. The number of rotatable bonds is 4. The average Bonchev–Trinajstić information content (AvgIpc) is 2.94. The van der Waals surface area contributed by atoms with Crippen molar-refractivity contribution in [1.82, 2.24) is 14.7 Å². The molecule has 0 spiro atoms. The van der Waals surface area contributed by atoms with Crippen LogP contribution in [0.25, 0.3) is 0 Å². The van der Waals surface area contributed by atoms with Crippen molar-refractivity contribution in [2.45, 2.75) is 18.9 Å². The SMILES string of the molecule is Cn1cc(C2(C)CN(CCc3ccccc3F)CCO2)cn1. The van der Waals surface area contributed by atoms with Gasteiger partial charge in [0.15, 0.2) is 0 Å². The maximum Gasteiger partial charge on any atom is 0.126 e. The molecule has 0 amide bonds. The maximum atomic E-state index is 13.7. The van der Waals surface area contributed by atoms with Crippen LogP contribution in [0.5, 0.6) is 0 Å². The summed E-state index contributed by atoms with van der Waals surface area (Å²) in [6, 6.07) is 7.00. The van der Waals surface area contributed by atoms with E-state index in [0.29, 0.717) is 6.61 Å². The first-order chi connectivity index (χ1) is 10.6. The Morgan fingerprint density at radius 1 is 1.36 bits per heavy atom. The van der Waals surface area contributed by atoms with Gasteiger partial charge in [-0.1, -0.05) is 18.2 Å². The maximum absolute atomic E-state index is 13.7. The van der Waals surface area contributed by atoms with E-state index in [1.54, 1.807) is 10.7 Å². The molecule has 1 aliphatic heterocycles. The number of aryl methyl sites for hydroxylation is 1. The molecule has 22 heavy (non-hydrogen) atoms. The fourth-order valence-corrected chi connectivity index (χ4v) is 2.99. The highest BCUT2D eigenvalue weighted by atomic mass is 19.1. The molecular formula is C17H22FN3O. The minimum Gasteiger partial charge on any atom is -0.368 e. The summed E-state index contributed by atoms with van der Waals surface area (Å²) in [5.41, 5.74) is 1.52. The summed E-state index contributed by atoms with van der Waals surface area (Å²) in [5, 5.41) is 4.24. The Morgan fingerprint density at radius 3 is 2.91 bits per heavy atom. The summed E-state index contributed by atoms with van der Waals surface area (Å²) in [5.74, 6) is -0.120. The van der Waals surface area contributed by atoms with Crippen LogP contribution >= 0.6 is 0 Å². The first-order valence-electron chi connectivity index (χ1n) is 7.66. The number of hydrogen-bond acceptors (Lipinski definition) is 3. The van der Waals surface area contributed by atoms with Crippen LogP contribution in [0.4, 0.5) is 4.39 Å². The minimum atomic E-state index is -0.345. The summed E-state index contributed by atoms with van der Waals surface area (Å²) in [4.78, 5) is 2.34. The second kappa shape index (κ2) is 6.18. The van der Waals surface area contributed by atoms with Crippen molar-refractivity contribution >= 4 is 0 Å². The molecule has 1 saturated heterocycles. The van der Waals surface area contributed by atoms with Crippen molar-refractivity contribution in [1.29, 1.82) is 0 Å². The van der Waals surface area contributed by atoms with E-state index in [9.17, 15) is 4.39 Å². The van der Waals surface area contributed by atoms with E-state index in [2.05, 4.69) is 16.9 Å². The number of ether oxygens (including phenoxy) is 1. The van der Waals surface area contributed by atoms with Gasteiger partial charge in [-0.2, -0.15) is 5.10 Å². The monoisotopic (exact) mass is 303 g/mol. The molecule has 1 atom stereocenters. The molecule has 0 aliphatic carbocycles. The highest BCUT2D eigenvalue weighted by molar-refractivity contribution is 5.18. The third-order valence-corrected chi connectivity index (χ3v) is 4.32. The molecule has 2 heterocycles. The molecule has 0 saturated carbocycles. The fourth-order valence-electron chi connectivity index (χ4n) is 2.99. The summed E-state index contributed by atoms with van der Waals surface area (Å²) in [7, 11) is 1.91. The van der Waals surface area contributed by atoms with Crippen LogP contribution in [0.2, 0.25) is 0 Å². The lowest BCUT2D eigenvalue weighted by atomic mass is 9.96. The third kappa shape index (κ3) is 3.20. The van der Waals surface area contributed by atoms with E-state index in [0.717, 1.165) is 37.2 Å². The van der Waals surface area contributed by atoms with Crippen molar-refractivity contribution < 1.29 is 9.13 Å². The van der Waals surface area contributed by atoms with Gasteiger partial charge in [0.05, 0.1) is 12.8 Å². The van der Waals surface area contributed by atoms with Crippen molar-refractivity contribution in [2.75, 3.05) is 26.2 Å². The molecule has 2 aromatic rings. The number of benzene rings is 1. The second-order valence-electron chi connectivity index (χ2n) is 6.10. The van der Waals surface area contributed by atoms with Crippen molar-refractivity contribution in [3.05, 3.63) is 53.6 Å². The molecule has 4 nitrogen and oxygen atoms in total. The van der Waals surface area contributed by atoms with Gasteiger partial charge >= 0.3 is 0 Å². The van der Waals surface area contributed by atoms with E-state index in [1.165, 1.54) is 6.07 Å². The van der Waals surface area contributed by atoms with E-state index in [1.807, 2.05) is 31.6 Å². The van der Waals surface area contributed by atoms with Crippen LogP contribution < -0.4 is 0 Å². The van der Waals surface area contributed by atoms with E-state index < -0.39 is 0 Å². The van der Waals surface area contributed by atoms with Gasteiger partial charge in [0.1, 0.15) is 11.4 Å². The van der Waals surface area contributed by atoms with Gasteiger partial charge in [-0.25, -0.2) is 4.39 Å². The van der Waals surface area contributed by atoms with Crippen molar-refractivity contribution in [2.24, 2.45) is 7.05 Å². The molecule has 0 bridgehead atoms. The molecule has 0 N–H and O–H groups in total. The van der Waals surface area contributed by atoms with Crippen LogP contribution in [0.3, 0.4) is 0 Å². The van der Waals surface area contributed by atoms with Crippen LogP contribution in [0.1, 0.15) is 18.1 Å². The smallest absolute Gasteiger partial charge is 0.126 e. The first-order valence-corrected chi connectivity index (χ1v) is 7.66. The lowest BCUT2D eigenvalue weighted by Crippen LogP contribution is -2.48. The predicted octanol–water partition coefficient (Wildman–Crippen LogP) is 2.35. The molecule has 1 fully saturated rings. The molecule has 118 valence electrons. The third-order valence-electron chi connectivity index (χ3n) is 4.32. The zero-order chi connectivity index (χ0) is 15.6. The van der Waals surface area contributed by atoms with Gasteiger partial charge < -0.3 is 4.74 Å². The normalized spacial score (nSPS) is 22.9. The molecular weight excluding hydrogens is 281 g/mol. The average molecular weight is 303 g/mol. The van der Waals surface area contributed by atoms with Gasteiger partial charge in [0.25, 0.3) is 0 Å². The first kappa shape index (κ1) is 15.2. The molecule has 1 aromatic carbocycles. The van der Waals surface area contributed by atoms with Gasteiger partial charge in [-0.3, -0.25) is 9.58 Å². The number of nitrogens with zero attached hydrogens (tertiary/aromatic N) is 3. The number of hydrogen-bond donors (Lipinski definition) is 0.